The smallest absolute Gasteiger partial charge is 0.224 e. The Morgan fingerprint density at radius 1 is 1.23 bits per heavy atom. The Bertz CT molecular complexity index is 794. The molecule has 1 amide bonds. The molecular formula is C19H25ClN2O4. The van der Waals surface area contributed by atoms with Gasteiger partial charge < -0.3 is 19.2 Å². The number of hydrogen-bond acceptors (Lipinski definition) is 5. The van der Waals surface area contributed by atoms with Crippen LogP contribution in [0.3, 0.4) is 0 Å². The number of anilines is 1. The van der Waals surface area contributed by atoms with Crippen LogP contribution in [-0.4, -0.2) is 25.1 Å². The number of oxazole rings is 1. The molecule has 0 bridgehead atoms. The largest absolute Gasteiger partial charge is 0.495 e. The molecule has 0 radical (unpaired) electrons. The highest BCUT2D eigenvalue weighted by Gasteiger charge is 2.22. The van der Waals surface area contributed by atoms with E-state index in [0.717, 1.165) is 11.5 Å². The van der Waals surface area contributed by atoms with Crippen LogP contribution in [0.2, 0.25) is 5.02 Å². The van der Waals surface area contributed by atoms with E-state index in [-0.39, 0.29) is 17.7 Å². The molecule has 2 aromatic rings. The summed E-state index contributed by atoms with van der Waals surface area (Å²) in [4.78, 5) is 16.8. The Morgan fingerprint density at radius 3 is 2.42 bits per heavy atom. The van der Waals surface area contributed by atoms with Crippen LogP contribution in [0.4, 0.5) is 5.69 Å². The van der Waals surface area contributed by atoms with E-state index in [1.165, 1.54) is 14.2 Å². The third kappa shape index (κ3) is 4.69. The molecule has 0 unspecified atom stereocenters. The fourth-order valence-electron chi connectivity index (χ4n) is 2.38. The first kappa shape index (κ1) is 20.1. The van der Waals surface area contributed by atoms with Gasteiger partial charge in [-0.3, -0.25) is 4.79 Å². The minimum absolute atomic E-state index is 0.166. The Kier molecular flexibility index (Phi) is 6.18. The zero-order valence-corrected chi connectivity index (χ0v) is 16.8. The molecule has 0 aliphatic carbocycles. The van der Waals surface area contributed by atoms with Crippen LogP contribution in [0.1, 0.15) is 44.5 Å². The Balaban J connectivity index is 2.07. The summed E-state index contributed by atoms with van der Waals surface area (Å²) < 4.78 is 16.3. The van der Waals surface area contributed by atoms with Crippen molar-refractivity contribution < 1.29 is 18.7 Å². The van der Waals surface area contributed by atoms with Crippen molar-refractivity contribution >= 4 is 23.2 Å². The molecule has 1 aromatic heterocycles. The Labute approximate surface area is 158 Å². The van der Waals surface area contributed by atoms with Gasteiger partial charge in [0.05, 0.1) is 30.6 Å². The summed E-state index contributed by atoms with van der Waals surface area (Å²) in [6, 6.07) is 3.24. The molecule has 0 aliphatic rings. The summed E-state index contributed by atoms with van der Waals surface area (Å²) >= 11 is 6.08. The number of nitrogens with one attached hydrogen (secondary N) is 1. The van der Waals surface area contributed by atoms with Gasteiger partial charge in [0, 0.05) is 30.4 Å². The molecule has 1 aromatic carbocycles. The van der Waals surface area contributed by atoms with Crippen LogP contribution in [-0.2, 0) is 16.6 Å². The lowest BCUT2D eigenvalue weighted by Gasteiger charge is -2.13. The molecular weight excluding hydrogens is 356 g/mol. The highest BCUT2D eigenvalue weighted by Crippen LogP contribution is 2.36. The number of methoxy groups -OCH3 is 2. The van der Waals surface area contributed by atoms with Gasteiger partial charge in [0.1, 0.15) is 17.3 Å². The number of aryl methyl sites for hydroxylation is 2. The number of carbonyl (C=O) groups is 1. The summed E-state index contributed by atoms with van der Waals surface area (Å²) in [5.74, 6) is 2.17. The fourth-order valence-corrected chi connectivity index (χ4v) is 2.61. The normalized spacial score (nSPS) is 11.3. The number of hydrogen-bond donors (Lipinski definition) is 1. The van der Waals surface area contributed by atoms with E-state index in [1.807, 2.05) is 27.7 Å². The van der Waals surface area contributed by atoms with Crippen molar-refractivity contribution in [3.63, 3.8) is 0 Å². The van der Waals surface area contributed by atoms with Crippen LogP contribution < -0.4 is 14.8 Å². The number of amides is 1. The summed E-state index contributed by atoms with van der Waals surface area (Å²) in [5, 5.41) is 3.24. The molecule has 0 spiro atoms. The first-order chi connectivity index (χ1) is 12.2. The molecule has 7 heteroatoms. The molecule has 1 heterocycles. The maximum atomic E-state index is 12.4. The first-order valence-corrected chi connectivity index (χ1v) is 8.71. The second-order valence-electron chi connectivity index (χ2n) is 7.01. The lowest BCUT2D eigenvalue weighted by atomic mass is 9.97. The number of nitrogens with zero attached hydrogens (tertiary/aromatic N) is 1. The molecule has 142 valence electrons. The van der Waals surface area contributed by atoms with E-state index >= 15 is 0 Å². The van der Waals surface area contributed by atoms with E-state index in [9.17, 15) is 4.79 Å². The van der Waals surface area contributed by atoms with Crippen molar-refractivity contribution in [2.24, 2.45) is 0 Å². The summed E-state index contributed by atoms with van der Waals surface area (Å²) in [5.41, 5.74) is 1.15. The molecule has 1 N–H and O–H groups in total. The predicted octanol–water partition coefficient (Wildman–Crippen LogP) is 4.52. The minimum atomic E-state index is -0.168. The lowest BCUT2D eigenvalue weighted by molar-refractivity contribution is -0.116. The second-order valence-corrected chi connectivity index (χ2v) is 7.42. The van der Waals surface area contributed by atoms with E-state index < -0.39 is 0 Å². The molecule has 0 saturated carbocycles. The molecule has 0 aliphatic heterocycles. The second kappa shape index (κ2) is 7.99. The topological polar surface area (TPSA) is 73.6 Å². The third-order valence-electron chi connectivity index (χ3n) is 3.86. The van der Waals surface area contributed by atoms with Crippen molar-refractivity contribution in [2.45, 2.75) is 46.0 Å². The van der Waals surface area contributed by atoms with Gasteiger partial charge in [-0.05, 0) is 6.92 Å². The SMILES string of the molecule is COc1cc(NC(=O)CCc2oc(C(C)(C)C)nc2C)c(OC)cc1Cl. The van der Waals surface area contributed by atoms with Crippen molar-refractivity contribution in [1.29, 1.82) is 0 Å². The quantitative estimate of drug-likeness (QED) is 0.797. The molecule has 6 nitrogen and oxygen atoms in total. The van der Waals surface area contributed by atoms with Gasteiger partial charge in [-0.1, -0.05) is 32.4 Å². The highest BCUT2D eigenvalue weighted by molar-refractivity contribution is 6.32. The van der Waals surface area contributed by atoms with Crippen molar-refractivity contribution in [3.8, 4) is 11.5 Å². The monoisotopic (exact) mass is 380 g/mol. The van der Waals surface area contributed by atoms with Crippen LogP contribution in [0.25, 0.3) is 0 Å². The molecule has 26 heavy (non-hydrogen) atoms. The Hall–Kier alpha value is -2.21. The summed E-state index contributed by atoms with van der Waals surface area (Å²) in [6.45, 7) is 8.00. The minimum Gasteiger partial charge on any atom is -0.495 e. The number of benzene rings is 1. The number of aromatic nitrogens is 1. The number of carbonyl (C=O) groups excluding carboxylic acids is 1. The molecule has 0 atom stereocenters. The lowest BCUT2D eigenvalue weighted by Crippen LogP contribution is -2.13. The highest BCUT2D eigenvalue weighted by atomic mass is 35.5. The van der Waals surface area contributed by atoms with Gasteiger partial charge in [0.15, 0.2) is 5.89 Å². The summed E-state index contributed by atoms with van der Waals surface area (Å²) in [7, 11) is 3.03. The number of rotatable bonds is 6. The predicted molar refractivity (Wildman–Crippen MR) is 101 cm³/mol. The van der Waals surface area contributed by atoms with E-state index in [0.29, 0.717) is 34.5 Å². The van der Waals surface area contributed by atoms with Crippen molar-refractivity contribution in [1.82, 2.24) is 4.98 Å². The maximum absolute atomic E-state index is 12.4. The fraction of sp³-hybridized carbons (Fsp3) is 0.474. The zero-order chi connectivity index (χ0) is 19.5. The van der Waals surface area contributed by atoms with Gasteiger partial charge in [-0.2, -0.15) is 0 Å². The van der Waals surface area contributed by atoms with Crippen LogP contribution >= 0.6 is 11.6 Å². The van der Waals surface area contributed by atoms with E-state index in [2.05, 4.69) is 10.3 Å². The maximum Gasteiger partial charge on any atom is 0.224 e. The van der Waals surface area contributed by atoms with Gasteiger partial charge in [-0.15, -0.1) is 0 Å². The van der Waals surface area contributed by atoms with E-state index in [4.69, 9.17) is 25.5 Å². The van der Waals surface area contributed by atoms with E-state index in [1.54, 1.807) is 12.1 Å². The standard InChI is InChI=1S/C19H25ClN2O4/c1-11-14(26-18(21-11)19(2,3)4)7-8-17(23)22-13-10-15(24-5)12(20)9-16(13)25-6/h9-10H,7-8H2,1-6H3,(H,22,23). The number of ether oxygens (including phenoxy) is 2. The Morgan fingerprint density at radius 2 is 1.88 bits per heavy atom. The first-order valence-electron chi connectivity index (χ1n) is 8.34. The summed E-state index contributed by atoms with van der Waals surface area (Å²) in [6.07, 6.45) is 0.724. The average Bonchev–Trinajstić information content (AvgIpc) is 2.95. The van der Waals surface area contributed by atoms with Crippen LogP contribution in [0.15, 0.2) is 16.5 Å². The van der Waals surface area contributed by atoms with Crippen molar-refractivity contribution in [2.75, 3.05) is 19.5 Å². The average molecular weight is 381 g/mol. The van der Waals surface area contributed by atoms with Crippen LogP contribution in [0.5, 0.6) is 11.5 Å². The van der Waals surface area contributed by atoms with Gasteiger partial charge >= 0.3 is 0 Å². The molecule has 0 fully saturated rings. The van der Waals surface area contributed by atoms with Gasteiger partial charge in [0.2, 0.25) is 5.91 Å². The van der Waals surface area contributed by atoms with Crippen molar-refractivity contribution in [3.05, 3.63) is 34.5 Å². The van der Waals surface area contributed by atoms with Crippen LogP contribution in [0, 0.1) is 6.92 Å². The molecule has 0 saturated heterocycles. The van der Waals surface area contributed by atoms with Gasteiger partial charge in [-0.25, -0.2) is 4.98 Å². The molecule has 2 rings (SSSR count). The van der Waals surface area contributed by atoms with Gasteiger partial charge in [0.25, 0.3) is 0 Å². The number of halogens is 1. The zero-order valence-electron chi connectivity index (χ0n) is 16.0. The third-order valence-corrected chi connectivity index (χ3v) is 4.16.